The van der Waals surface area contributed by atoms with E-state index in [2.05, 4.69) is 25.3 Å². The molecule has 0 saturated heterocycles. The zero-order valence-corrected chi connectivity index (χ0v) is 34.6. The average Bonchev–Trinajstić information content (AvgIpc) is 3.08. The third kappa shape index (κ3) is 41.7. The van der Waals surface area contributed by atoms with E-state index in [0.717, 1.165) is 44.4 Å². The highest BCUT2D eigenvalue weighted by Crippen LogP contribution is 2.36. The van der Waals surface area contributed by atoms with Crippen molar-refractivity contribution in [1.82, 2.24) is 0 Å². The van der Waals surface area contributed by atoms with Crippen LogP contribution in [0.3, 0.4) is 0 Å². The summed E-state index contributed by atoms with van der Waals surface area (Å²) in [5, 5.41) is 0. The van der Waals surface area contributed by atoms with Crippen LogP contribution in [0.2, 0.25) is 0 Å². The fourth-order valence-electron chi connectivity index (χ4n) is 6.56. The summed E-state index contributed by atoms with van der Waals surface area (Å²) < 4.78 is 26.4. The van der Waals surface area contributed by atoms with E-state index in [1.54, 1.807) is 0 Å². The van der Waals surface area contributed by atoms with Gasteiger partial charge in [0.05, 0.1) is 6.61 Å². The molecule has 2 N–H and O–H groups in total. The molecule has 0 bridgehead atoms. The summed E-state index contributed by atoms with van der Waals surface area (Å²) in [7, 11) is -4.74. The molecule has 0 rings (SSSR count). The Morgan fingerprint density at radius 1 is 0.490 bits per heavy atom. The van der Waals surface area contributed by atoms with Crippen molar-refractivity contribution in [3.8, 4) is 0 Å². The smallest absolute Gasteiger partial charge is 0.462 e. The molecule has 0 heterocycles. The lowest BCUT2D eigenvalue weighted by atomic mass is 10.0. The third-order valence-electron chi connectivity index (χ3n) is 9.80. The van der Waals surface area contributed by atoms with Crippen LogP contribution in [0.1, 0.15) is 233 Å². The van der Waals surface area contributed by atoms with Crippen LogP contribution >= 0.6 is 7.82 Å². The van der Waals surface area contributed by atoms with E-state index in [1.165, 1.54) is 154 Å². The van der Waals surface area contributed by atoms with Gasteiger partial charge in [0.2, 0.25) is 0 Å². The predicted octanol–water partition coefficient (Wildman–Crippen LogP) is 13.1. The fourth-order valence-corrected chi connectivity index (χ4v) is 6.92. The molecule has 51 heavy (non-hydrogen) atoms. The summed E-state index contributed by atoms with van der Waals surface area (Å²) in [6, 6.07) is 0. The van der Waals surface area contributed by atoms with Gasteiger partial charge in [-0.2, -0.15) is 0 Å². The van der Waals surface area contributed by atoms with Gasteiger partial charge in [0.15, 0.2) is 6.10 Å². The molecule has 1 atom stereocenters. The summed E-state index contributed by atoms with van der Waals surface area (Å²) >= 11 is 0. The van der Waals surface area contributed by atoms with Gasteiger partial charge in [-0.3, -0.25) is 14.1 Å². The molecule has 9 heteroatoms. The van der Waals surface area contributed by atoms with E-state index in [1.807, 2.05) is 0 Å². The van der Waals surface area contributed by atoms with Crippen molar-refractivity contribution in [3.05, 3.63) is 0 Å². The standard InChI is InChI=1S/C42H83O8P/c1-4-5-6-7-8-9-10-20-24-27-30-33-36-42(44)50-40(38-49-51(45,46)47)37-48-41(43)35-32-29-26-23-21-18-16-14-12-11-13-15-17-19-22-25-28-31-34-39(2)3/h39-40H,4-38H2,1-3H3,(H2,45,46,47)/t40-/m1/s1. The Hall–Kier alpha value is -0.950. The second-order valence-electron chi connectivity index (χ2n) is 15.5. The Bertz CT molecular complexity index is 815. The lowest BCUT2D eigenvalue weighted by Crippen LogP contribution is -2.29. The Morgan fingerprint density at radius 3 is 1.18 bits per heavy atom. The molecule has 0 aromatic carbocycles. The molecule has 0 radical (unpaired) electrons. The molecule has 0 aromatic rings. The van der Waals surface area contributed by atoms with Gasteiger partial charge in [-0.1, -0.05) is 207 Å². The minimum Gasteiger partial charge on any atom is -0.462 e. The first kappa shape index (κ1) is 50.1. The molecular formula is C42H83O8P. The summed E-state index contributed by atoms with van der Waals surface area (Å²) in [6.45, 7) is 6.07. The van der Waals surface area contributed by atoms with Crippen molar-refractivity contribution in [2.75, 3.05) is 13.2 Å². The number of carbonyl (C=O) groups excluding carboxylic acids is 2. The van der Waals surface area contributed by atoms with Crippen LogP contribution in [0.4, 0.5) is 0 Å². The molecule has 0 fully saturated rings. The largest absolute Gasteiger partial charge is 0.469 e. The molecule has 0 aromatic heterocycles. The van der Waals surface area contributed by atoms with Gasteiger partial charge in [0.1, 0.15) is 6.61 Å². The van der Waals surface area contributed by atoms with Crippen LogP contribution in [0.15, 0.2) is 0 Å². The fraction of sp³-hybridized carbons (Fsp3) is 0.952. The van der Waals surface area contributed by atoms with Crippen LogP contribution in [-0.4, -0.2) is 41.0 Å². The first-order valence-corrected chi connectivity index (χ1v) is 23.2. The monoisotopic (exact) mass is 747 g/mol. The van der Waals surface area contributed by atoms with Gasteiger partial charge in [0, 0.05) is 12.8 Å². The lowest BCUT2D eigenvalue weighted by Gasteiger charge is -2.18. The van der Waals surface area contributed by atoms with Crippen molar-refractivity contribution in [3.63, 3.8) is 0 Å². The van der Waals surface area contributed by atoms with E-state index in [4.69, 9.17) is 19.3 Å². The number of phosphoric acid groups is 1. The Labute approximate surface area is 315 Å². The maximum atomic E-state index is 12.4. The number of carbonyl (C=O) groups is 2. The highest BCUT2D eigenvalue weighted by atomic mass is 31.2. The minimum atomic E-state index is -4.74. The zero-order chi connectivity index (χ0) is 37.7. The summed E-state index contributed by atoms with van der Waals surface area (Å²) in [5.74, 6) is -0.0180. The molecule has 304 valence electrons. The van der Waals surface area contributed by atoms with Crippen molar-refractivity contribution in [1.29, 1.82) is 0 Å². The average molecular weight is 747 g/mol. The Balaban J connectivity index is 3.79. The van der Waals surface area contributed by atoms with Gasteiger partial charge in [0.25, 0.3) is 0 Å². The number of rotatable bonds is 40. The predicted molar refractivity (Wildman–Crippen MR) is 212 cm³/mol. The molecular weight excluding hydrogens is 663 g/mol. The number of unbranched alkanes of at least 4 members (excludes halogenated alkanes) is 28. The summed E-state index contributed by atoms with van der Waals surface area (Å²) in [6.07, 6.45) is 38.3. The Kier molecular flexibility index (Phi) is 36.7. The van der Waals surface area contributed by atoms with E-state index in [0.29, 0.717) is 6.42 Å². The SMILES string of the molecule is CCCCCCCCCCCCCCC(=O)O[C@H](COC(=O)CCCCCCCCCCCCCCCCCCCCC(C)C)COP(=O)(O)O. The number of phosphoric ester groups is 1. The highest BCUT2D eigenvalue weighted by Gasteiger charge is 2.23. The molecule has 8 nitrogen and oxygen atoms in total. The van der Waals surface area contributed by atoms with Crippen LogP contribution in [-0.2, 0) is 28.2 Å². The van der Waals surface area contributed by atoms with Crippen LogP contribution in [0.5, 0.6) is 0 Å². The van der Waals surface area contributed by atoms with Crippen molar-refractivity contribution < 1.29 is 37.9 Å². The highest BCUT2D eigenvalue weighted by molar-refractivity contribution is 7.46. The van der Waals surface area contributed by atoms with E-state index < -0.39 is 32.5 Å². The normalized spacial score (nSPS) is 12.4. The van der Waals surface area contributed by atoms with Gasteiger partial charge < -0.3 is 19.3 Å². The minimum absolute atomic E-state index is 0.219. The Morgan fingerprint density at radius 2 is 0.824 bits per heavy atom. The molecule has 0 saturated carbocycles. The lowest BCUT2D eigenvalue weighted by molar-refractivity contribution is -0.161. The molecule has 0 spiro atoms. The van der Waals surface area contributed by atoms with E-state index in [-0.39, 0.29) is 19.4 Å². The van der Waals surface area contributed by atoms with Crippen molar-refractivity contribution in [2.24, 2.45) is 5.92 Å². The van der Waals surface area contributed by atoms with Crippen molar-refractivity contribution >= 4 is 19.8 Å². The second kappa shape index (κ2) is 37.4. The van der Waals surface area contributed by atoms with Gasteiger partial charge >= 0.3 is 19.8 Å². The van der Waals surface area contributed by atoms with Gasteiger partial charge in [-0.25, -0.2) is 4.57 Å². The maximum absolute atomic E-state index is 12.4. The number of hydrogen-bond donors (Lipinski definition) is 2. The summed E-state index contributed by atoms with van der Waals surface area (Å²) in [5.41, 5.74) is 0. The number of hydrogen-bond acceptors (Lipinski definition) is 6. The zero-order valence-electron chi connectivity index (χ0n) is 33.7. The molecule has 0 aliphatic rings. The van der Waals surface area contributed by atoms with Crippen molar-refractivity contribution in [2.45, 2.75) is 239 Å². The molecule has 0 amide bonds. The number of ether oxygens (including phenoxy) is 2. The number of esters is 2. The second-order valence-corrected chi connectivity index (χ2v) is 16.8. The van der Waals surface area contributed by atoms with E-state index >= 15 is 0 Å². The topological polar surface area (TPSA) is 119 Å². The van der Waals surface area contributed by atoms with Crippen LogP contribution < -0.4 is 0 Å². The molecule has 0 aliphatic heterocycles. The first-order chi connectivity index (χ1) is 24.6. The first-order valence-electron chi connectivity index (χ1n) is 21.7. The molecule has 0 unspecified atom stereocenters. The third-order valence-corrected chi connectivity index (χ3v) is 10.3. The van der Waals surface area contributed by atoms with Crippen LogP contribution in [0.25, 0.3) is 0 Å². The summed E-state index contributed by atoms with van der Waals surface area (Å²) in [4.78, 5) is 42.8. The maximum Gasteiger partial charge on any atom is 0.469 e. The van der Waals surface area contributed by atoms with Crippen LogP contribution in [0, 0.1) is 5.92 Å². The van der Waals surface area contributed by atoms with Gasteiger partial charge in [-0.15, -0.1) is 0 Å². The van der Waals surface area contributed by atoms with E-state index in [9.17, 15) is 14.2 Å². The quantitative estimate of drug-likeness (QED) is 0.0361. The van der Waals surface area contributed by atoms with Gasteiger partial charge in [-0.05, 0) is 18.8 Å². The molecule has 0 aliphatic carbocycles.